The Kier molecular flexibility index (Phi) is 1.56. The Morgan fingerprint density at radius 1 is 1.47 bits per heavy atom. The topological polar surface area (TPSA) is 38.8 Å². The number of carbonyl (C=O) groups is 1. The van der Waals surface area contributed by atoms with Gasteiger partial charge in [-0.25, -0.2) is 4.79 Å². The first kappa shape index (κ1) is 8.68. The molecule has 0 amide bonds. The Balaban J connectivity index is 2.16. The molecule has 0 aromatic heterocycles. The second-order valence-corrected chi connectivity index (χ2v) is 3.71. The van der Waals surface area contributed by atoms with Crippen LogP contribution in [0.4, 0.5) is 0 Å². The molecule has 0 bridgehead atoms. The maximum atomic E-state index is 11.7. The molecule has 3 nitrogen and oxygen atoms in total. The highest BCUT2D eigenvalue weighted by Gasteiger charge is 2.65. The lowest BCUT2D eigenvalue weighted by atomic mass is 9.87. The molecular weight excluding hydrogens is 192 g/mol. The number of epoxide rings is 1. The Morgan fingerprint density at radius 3 is 3.07 bits per heavy atom. The van der Waals surface area contributed by atoms with Crippen molar-refractivity contribution >= 4 is 12.0 Å². The Bertz CT molecular complexity index is 464. The predicted molar refractivity (Wildman–Crippen MR) is 54.0 cm³/mol. The molecule has 0 saturated carbocycles. The average molecular weight is 202 g/mol. The van der Waals surface area contributed by atoms with E-state index in [0.29, 0.717) is 0 Å². The van der Waals surface area contributed by atoms with Crippen LogP contribution >= 0.6 is 0 Å². The van der Waals surface area contributed by atoms with E-state index in [0.717, 1.165) is 11.1 Å². The van der Waals surface area contributed by atoms with Crippen LogP contribution in [0.2, 0.25) is 0 Å². The molecule has 0 N–H and O–H groups in total. The number of rotatable bonds is 1. The van der Waals surface area contributed by atoms with E-state index in [1.165, 1.54) is 7.11 Å². The van der Waals surface area contributed by atoms with Gasteiger partial charge in [-0.3, -0.25) is 0 Å². The van der Waals surface area contributed by atoms with Gasteiger partial charge in [-0.05, 0) is 5.56 Å². The van der Waals surface area contributed by atoms with E-state index in [1.807, 2.05) is 36.4 Å². The van der Waals surface area contributed by atoms with E-state index in [-0.39, 0.29) is 12.1 Å². The normalized spacial score (nSPS) is 30.3. The van der Waals surface area contributed by atoms with E-state index in [2.05, 4.69) is 0 Å². The molecule has 2 unspecified atom stereocenters. The fourth-order valence-corrected chi connectivity index (χ4v) is 2.16. The van der Waals surface area contributed by atoms with Crippen molar-refractivity contribution in [3.63, 3.8) is 0 Å². The van der Waals surface area contributed by atoms with Gasteiger partial charge in [-0.15, -0.1) is 0 Å². The van der Waals surface area contributed by atoms with Gasteiger partial charge in [0.25, 0.3) is 0 Å². The zero-order valence-corrected chi connectivity index (χ0v) is 8.27. The van der Waals surface area contributed by atoms with Crippen LogP contribution in [0.1, 0.15) is 11.1 Å². The zero-order valence-electron chi connectivity index (χ0n) is 8.27. The van der Waals surface area contributed by atoms with Gasteiger partial charge >= 0.3 is 5.97 Å². The summed E-state index contributed by atoms with van der Waals surface area (Å²) < 4.78 is 10.3. The quantitative estimate of drug-likeness (QED) is 0.511. The zero-order chi connectivity index (χ0) is 10.5. The number of fused-ring (bicyclic) bond motifs is 3. The molecule has 1 aromatic carbocycles. The van der Waals surface area contributed by atoms with Gasteiger partial charge in [0.2, 0.25) is 5.60 Å². The maximum absolute atomic E-state index is 11.7. The number of carbonyl (C=O) groups excluding carboxylic acids is 1. The minimum atomic E-state index is -0.861. The molecule has 2 aliphatic rings. The summed E-state index contributed by atoms with van der Waals surface area (Å²) in [5, 5.41) is 0. The summed E-state index contributed by atoms with van der Waals surface area (Å²) in [4.78, 5) is 11.7. The number of esters is 1. The minimum absolute atomic E-state index is 0.153. The van der Waals surface area contributed by atoms with Crippen LogP contribution in [0.25, 0.3) is 6.08 Å². The maximum Gasteiger partial charge on any atom is 0.346 e. The minimum Gasteiger partial charge on any atom is -0.467 e. The molecule has 1 fully saturated rings. The van der Waals surface area contributed by atoms with Gasteiger partial charge in [-0.1, -0.05) is 36.4 Å². The van der Waals surface area contributed by atoms with Crippen molar-refractivity contribution in [1.29, 1.82) is 0 Å². The molecular formula is C12H10O3. The van der Waals surface area contributed by atoms with E-state index in [4.69, 9.17) is 9.47 Å². The average Bonchev–Trinajstić information content (AvgIpc) is 3.04. The largest absolute Gasteiger partial charge is 0.467 e. The van der Waals surface area contributed by atoms with E-state index < -0.39 is 5.60 Å². The predicted octanol–water partition coefficient (Wildman–Crippen LogP) is 1.48. The molecule has 3 rings (SSSR count). The molecule has 3 heteroatoms. The second-order valence-electron chi connectivity index (χ2n) is 3.71. The van der Waals surface area contributed by atoms with Crippen molar-refractivity contribution in [1.82, 2.24) is 0 Å². The smallest absolute Gasteiger partial charge is 0.346 e. The third-order valence-electron chi connectivity index (χ3n) is 2.96. The Hall–Kier alpha value is -1.61. The molecule has 1 heterocycles. The molecule has 1 aliphatic carbocycles. The van der Waals surface area contributed by atoms with Crippen molar-refractivity contribution < 1.29 is 14.3 Å². The number of hydrogen-bond acceptors (Lipinski definition) is 3. The van der Waals surface area contributed by atoms with Crippen LogP contribution in [-0.4, -0.2) is 19.2 Å². The van der Waals surface area contributed by atoms with E-state index in [9.17, 15) is 4.79 Å². The Morgan fingerprint density at radius 2 is 2.27 bits per heavy atom. The summed E-state index contributed by atoms with van der Waals surface area (Å²) in [6, 6.07) is 7.72. The highest BCUT2D eigenvalue weighted by Crippen LogP contribution is 2.52. The SMILES string of the molecule is COC(=O)C12OC1C=Cc1ccccc12. The molecule has 2 atom stereocenters. The Labute approximate surface area is 87.3 Å². The summed E-state index contributed by atoms with van der Waals surface area (Å²) in [7, 11) is 1.39. The third kappa shape index (κ3) is 0.957. The van der Waals surface area contributed by atoms with Crippen molar-refractivity contribution in [2.24, 2.45) is 0 Å². The lowest BCUT2D eigenvalue weighted by molar-refractivity contribution is -0.147. The number of benzene rings is 1. The lowest BCUT2D eigenvalue weighted by Gasteiger charge is -2.15. The van der Waals surface area contributed by atoms with Crippen molar-refractivity contribution in [2.45, 2.75) is 11.7 Å². The summed E-state index contributed by atoms with van der Waals surface area (Å²) in [6.07, 6.45) is 3.73. The van der Waals surface area contributed by atoms with Crippen molar-refractivity contribution in [2.75, 3.05) is 7.11 Å². The highest BCUT2D eigenvalue weighted by atomic mass is 16.7. The third-order valence-corrected chi connectivity index (χ3v) is 2.96. The summed E-state index contributed by atoms with van der Waals surface area (Å²) in [5.41, 5.74) is 1.07. The second kappa shape index (κ2) is 2.70. The van der Waals surface area contributed by atoms with Crippen LogP contribution in [0.5, 0.6) is 0 Å². The number of hydrogen-bond donors (Lipinski definition) is 0. The summed E-state index contributed by atoms with van der Waals surface area (Å²) in [5.74, 6) is -0.315. The van der Waals surface area contributed by atoms with Crippen LogP contribution in [0.3, 0.4) is 0 Å². The molecule has 76 valence electrons. The van der Waals surface area contributed by atoms with Gasteiger partial charge in [-0.2, -0.15) is 0 Å². The molecule has 0 spiro atoms. The van der Waals surface area contributed by atoms with Crippen LogP contribution in [0.15, 0.2) is 30.3 Å². The first-order valence-electron chi connectivity index (χ1n) is 4.83. The summed E-state index contributed by atoms with van der Waals surface area (Å²) >= 11 is 0. The molecule has 15 heavy (non-hydrogen) atoms. The molecule has 1 aromatic rings. The number of methoxy groups -OCH3 is 1. The number of ether oxygens (including phenoxy) is 2. The van der Waals surface area contributed by atoms with Crippen molar-refractivity contribution in [3.8, 4) is 0 Å². The van der Waals surface area contributed by atoms with Crippen LogP contribution in [0, 0.1) is 0 Å². The van der Waals surface area contributed by atoms with Gasteiger partial charge in [0.05, 0.1) is 7.11 Å². The molecule has 1 aliphatic heterocycles. The molecule has 1 saturated heterocycles. The van der Waals surface area contributed by atoms with Gasteiger partial charge in [0.1, 0.15) is 6.10 Å². The van der Waals surface area contributed by atoms with Crippen LogP contribution in [-0.2, 0) is 19.9 Å². The van der Waals surface area contributed by atoms with Gasteiger partial charge in [0.15, 0.2) is 0 Å². The fraction of sp³-hybridized carbons (Fsp3) is 0.250. The fourth-order valence-electron chi connectivity index (χ4n) is 2.16. The first-order valence-corrected chi connectivity index (χ1v) is 4.83. The van der Waals surface area contributed by atoms with E-state index in [1.54, 1.807) is 0 Å². The lowest BCUT2D eigenvalue weighted by Crippen LogP contribution is -2.28. The monoisotopic (exact) mass is 202 g/mol. The highest BCUT2D eigenvalue weighted by molar-refractivity contribution is 5.89. The van der Waals surface area contributed by atoms with Crippen LogP contribution < -0.4 is 0 Å². The molecule has 0 radical (unpaired) electrons. The van der Waals surface area contributed by atoms with E-state index >= 15 is 0 Å². The van der Waals surface area contributed by atoms with Gasteiger partial charge < -0.3 is 9.47 Å². The van der Waals surface area contributed by atoms with Gasteiger partial charge in [0, 0.05) is 5.56 Å². The standard InChI is InChI=1S/C12H10O3/c1-14-11(13)12-9-5-3-2-4-8(9)6-7-10(12)15-12/h2-7,10H,1H3. The first-order chi connectivity index (χ1) is 7.29. The van der Waals surface area contributed by atoms with Crippen molar-refractivity contribution in [3.05, 3.63) is 41.5 Å². The summed E-state index contributed by atoms with van der Waals surface area (Å²) in [6.45, 7) is 0.